The maximum Gasteiger partial charge on any atom is 0.208 e. The van der Waals surface area contributed by atoms with Gasteiger partial charge in [0, 0.05) is 12.2 Å². The molecule has 2 aromatic carbocycles. The lowest BCUT2D eigenvalue weighted by atomic mass is 9.79. The largest absolute Gasteiger partial charge is 0.494 e. The van der Waals surface area contributed by atoms with Crippen molar-refractivity contribution in [2.24, 2.45) is 5.92 Å². The number of hydrogen-bond donors (Lipinski definition) is 0. The van der Waals surface area contributed by atoms with Gasteiger partial charge in [-0.3, -0.25) is 0 Å². The average Bonchev–Trinajstić information content (AvgIpc) is 2.97. The maximum absolute atomic E-state index is 15.1. The van der Waals surface area contributed by atoms with Crippen LogP contribution in [0.3, 0.4) is 0 Å². The number of hydrogen-bond acceptors (Lipinski definition) is 2. The van der Waals surface area contributed by atoms with Crippen LogP contribution in [-0.2, 0) is 0 Å². The summed E-state index contributed by atoms with van der Waals surface area (Å²) in [6, 6.07) is 6.95. The third-order valence-corrected chi connectivity index (χ3v) is 5.36. The lowest BCUT2D eigenvalue weighted by Gasteiger charge is -2.26. The van der Waals surface area contributed by atoms with Crippen molar-refractivity contribution in [3.63, 3.8) is 0 Å². The Hall–Kier alpha value is -2.10. The minimum Gasteiger partial charge on any atom is -0.494 e. The Morgan fingerprint density at radius 1 is 0.958 bits per heavy atom. The van der Waals surface area contributed by atoms with E-state index in [-0.39, 0.29) is 30.1 Å². The summed E-state index contributed by atoms with van der Waals surface area (Å²) >= 11 is 0. The Labute approximate surface area is 140 Å². The maximum atomic E-state index is 15.1. The smallest absolute Gasteiger partial charge is 0.208 e. The highest BCUT2D eigenvalue weighted by molar-refractivity contribution is 6.05. The standard InChI is InChI=1S/C20H20F2O2.H2/c1-11-3-5-12(6-4-11)13-7-8-14-15-9-10-16(23-2)18(22)20(15)24-19(14)17(13)21;/h7-12H,3-6H2,1-2H3;1H. The highest BCUT2D eigenvalue weighted by Crippen LogP contribution is 2.41. The van der Waals surface area contributed by atoms with Gasteiger partial charge >= 0.3 is 0 Å². The molecule has 0 bridgehead atoms. The molecule has 0 amide bonds. The molecule has 0 unspecified atom stereocenters. The summed E-state index contributed by atoms with van der Waals surface area (Å²) in [4.78, 5) is 0. The molecule has 0 radical (unpaired) electrons. The third kappa shape index (κ3) is 2.27. The van der Waals surface area contributed by atoms with Crippen LogP contribution in [0.4, 0.5) is 8.78 Å². The molecule has 128 valence electrons. The van der Waals surface area contributed by atoms with Crippen molar-refractivity contribution in [3.05, 3.63) is 41.5 Å². The van der Waals surface area contributed by atoms with Crippen LogP contribution < -0.4 is 4.74 Å². The molecule has 4 heteroatoms. The Morgan fingerprint density at radius 3 is 2.25 bits per heavy atom. The van der Waals surface area contributed by atoms with Crippen LogP contribution in [0.5, 0.6) is 5.75 Å². The summed E-state index contributed by atoms with van der Waals surface area (Å²) in [6.45, 7) is 2.24. The van der Waals surface area contributed by atoms with E-state index < -0.39 is 5.82 Å². The van der Waals surface area contributed by atoms with Gasteiger partial charge in [0.25, 0.3) is 0 Å². The van der Waals surface area contributed by atoms with E-state index in [2.05, 4.69) is 6.92 Å². The quantitative estimate of drug-likeness (QED) is 0.541. The third-order valence-electron chi connectivity index (χ3n) is 5.36. The molecule has 3 aromatic rings. The summed E-state index contributed by atoms with van der Waals surface area (Å²) < 4.78 is 40.0. The highest BCUT2D eigenvalue weighted by atomic mass is 19.1. The molecule has 1 aromatic heterocycles. The Morgan fingerprint density at radius 2 is 1.58 bits per heavy atom. The minimum atomic E-state index is -0.585. The number of fused-ring (bicyclic) bond motifs is 3. The van der Waals surface area contributed by atoms with Crippen LogP contribution in [0.15, 0.2) is 28.7 Å². The Bertz CT molecular complexity index is 911. The summed E-state index contributed by atoms with van der Waals surface area (Å²) in [7, 11) is 1.40. The number of benzene rings is 2. The monoisotopic (exact) mass is 332 g/mol. The van der Waals surface area contributed by atoms with Gasteiger partial charge < -0.3 is 9.15 Å². The first kappa shape index (κ1) is 15.4. The predicted molar refractivity (Wildman–Crippen MR) is 92.7 cm³/mol. The molecule has 1 saturated carbocycles. The number of furan rings is 1. The van der Waals surface area contributed by atoms with Crippen molar-refractivity contribution in [1.82, 2.24) is 0 Å². The van der Waals surface area contributed by atoms with Crippen LogP contribution in [-0.4, -0.2) is 7.11 Å². The van der Waals surface area contributed by atoms with Crippen molar-refractivity contribution in [2.45, 2.75) is 38.5 Å². The number of ether oxygens (including phenoxy) is 1. The van der Waals surface area contributed by atoms with Gasteiger partial charge in [0.05, 0.1) is 7.11 Å². The van der Waals surface area contributed by atoms with Crippen molar-refractivity contribution in [2.75, 3.05) is 7.11 Å². The molecule has 0 spiro atoms. The molecule has 4 rings (SSSR count). The normalized spacial score (nSPS) is 21.5. The van der Waals surface area contributed by atoms with Gasteiger partial charge in [-0.2, -0.15) is 4.39 Å². The molecule has 24 heavy (non-hydrogen) atoms. The first-order valence-electron chi connectivity index (χ1n) is 8.47. The Kier molecular flexibility index (Phi) is 3.70. The van der Waals surface area contributed by atoms with Gasteiger partial charge in [0.1, 0.15) is 0 Å². The summed E-state index contributed by atoms with van der Waals surface area (Å²) in [5.74, 6) is 0.0997. The van der Waals surface area contributed by atoms with E-state index in [1.54, 1.807) is 12.1 Å². The van der Waals surface area contributed by atoms with Gasteiger partial charge in [-0.25, -0.2) is 4.39 Å². The van der Waals surface area contributed by atoms with Gasteiger partial charge in [0.2, 0.25) is 5.82 Å². The fraction of sp³-hybridized carbons (Fsp3) is 0.400. The first-order chi connectivity index (χ1) is 11.6. The van der Waals surface area contributed by atoms with Crippen molar-refractivity contribution < 1.29 is 19.4 Å². The SMILES string of the molecule is COc1ccc2c(oc3c(F)c(C4CCC(C)CC4)ccc32)c1F.[HH]. The van der Waals surface area contributed by atoms with E-state index in [0.717, 1.165) is 25.7 Å². The second kappa shape index (κ2) is 5.76. The lowest BCUT2D eigenvalue weighted by molar-refractivity contribution is 0.342. The highest BCUT2D eigenvalue weighted by Gasteiger charge is 2.25. The molecule has 0 aliphatic heterocycles. The summed E-state index contributed by atoms with van der Waals surface area (Å²) in [5.41, 5.74) is 0.895. The second-order valence-electron chi connectivity index (χ2n) is 6.86. The minimum absolute atomic E-state index is 0. The zero-order chi connectivity index (χ0) is 16.8. The molecule has 1 aliphatic rings. The molecule has 2 nitrogen and oxygen atoms in total. The van der Waals surface area contributed by atoms with Crippen LogP contribution in [0.1, 0.15) is 45.5 Å². The van der Waals surface area contributed by atoms with Crippen LogP contribution >= 0.6 is 0 Å². The molecule has 0 N–H and O–H groups in total. The Balaban J connectivity index is 0.00000182. The van der Waals surface area contributed by atoms with Crippen LogP contribution in [0, 0.1) is 17.6 Å². The molecule has 1 fully saturated rings. The molecule has 0 saturated heterocycles. The summed E-state index contributed by atoms with van der Waals surface area (Å²) in [5, 5.41) is 1.18. The van der Waals surface area contributed by atoms with Gasteiger partial charge in [0.15, 0.2) is 22.7 Å². The number of rotatable bonds is 2. The zero-order valence-corrected chi connectivity index (χ0v) is 13.9. The van der Waals surface area contributed by atoms with E-state index in [9.17, 15) is 4.39 Å². The zero-order valence-electron chi connectivity index (χ0n) is 13.9. The topological polar surface area (TPSA) is 22.4 Å². The fourth-order valence-corrected chi connectivity index (χ4v) is 3.88. The van der Waals surface area contributed by atoms with Crippen LogP contribution in [0.2, 0.25) is 0 Å². The van der Waals surface area contributed by atoms with E-state index in [0.29, 0.717) is 22.3 Å². The van der Waals surface area contributed by atoms with E-state index in [4.69, 9.17) is 9.15 Å². The van der Waals surface area contributed by atoms with Gasteiger partial charge in [-0.05, 0) is 48.4 Å². The molecule has 1 aliphatic carbocycles. The average molecular weight is 332 g/mol. The van der Waals surface area contributed by atoms with Crippen molar-refractivity contribution in [3.8, 4) is 5.75 Å². The van der Waals surface area contributed by atoms with E-state index in [1.807, 2.05) is 12.1 Å². The lowest BCUT2D eigenvalue weighted by Crippen LogP contribution is -2.12. The number of methoxy groups -OCH3 is 1. The summed E-state index contributed by atoms with van der Waals surface area (Å²) in [6.07, 6.45) is 4.22. The van der Waals surface area contributed by atoms with Crippen molar-refractivity contribution >= 4 is 21.9 Å². The fourth-order valence-electron chi connectivity index (χ4n) is 3.88. The number of halogens is 2. The predicted octanol–water partition coefficient (Wildman–Crippen LogP) is 6.41. The van der Waals surface area contributed by atoms with Crippen molar-refractivity contribution in [1.29, 1.82) is 0 Å². The van der Waals surface area contributed by atoms with E-state index in [1.165, 1.54) is 7.11 Å². The first-order valence-corrected chi connectivity index (χ1v) is 8.47. The molecule has 1 heterocycles. The van der Waals surface area contributed by atoms with Gasteiger partial charge in [-0.15, -0.1) is 0 Å². The van der Waals surface area contributed by atoms with Gasteiger partial charge in [-0.1, -0.05) is 25.8 Å². The van der Waals surface area contributed by atoms with Crippen LogP contribution in [0.25, 0.3) is 21.9 Å². The molecule has 0 atom stereocenters. The van der Waals surface area contributed by atoms with E-state index >= 15 is 4.39 Å². The molecular weight excluding hydrogens is 310 g/mol. The second-order valence-corrected chi connectivity index (χ2v) is 6.86. The molecular formula is C20H22F2O2.